The van der Waals surface area contributed by atoms with E-state index in [1.54, 1.807) is 7.11 Å². The Bertz CT molecular complexity index is 208. The van der Waals surface area contributed by atoms with Crippen LogP contribution in [0.1, 0.15) is 46.5 Å². The van der Waals surface area contributed by atoms with Gasteiger partial charge in [-0.25, -0.2) is 0 Å². The summed E-state index contributed by atoms with van der Waals surface area (Å²) >= 11 is 0. The van der Waals surface area contributed by atoms with Gasteiger partial charge in [0.25, 0.3) is 0 Å². The van der Waals surface area contributed by atoms with Gasteiger partial charge in [-0.05, 0) is 31.2 Å². The van der Waals surface area contributed by atoms with E-state index in [-0.39, 0.29) is 17.9 Å². The Morgan fingerprint density at radius 1 is 1.39 bits per heavy atom. The Kier molecular flexibility index (Phi) is 9.98. The van der Waals surface area contributed by atoms with Crippen molar-refractivity contribution in [3.63, 3.8) is 0 Å². The van der Waals surface area contributed by atoms with Gasteiger partial charge in [-0.2, -0.15) is 0 Å². The summed E-state index contributed by atoms with van der Waals surface area (Å²) in [4.78, 5) is 11.9. The number of rotatable bonds is 10. The van der Waals surface area contributed by atoms with Crippen molar-refractivity contribution in [1.29, 1.82) is 0 Å². The second kappa shape index (κ2) is 10.3. The van der Waals surface area contributed by atoms with E-state index < -0.39 is 0 Å². The standard InChI is InChI=1S/C14H30N2O2/c1-5-6-13(10-18-4)16-14(17)8-12(9-15)7-11(2)3/h11-13H,5-10,15H2,1-4H3,(H,16,17). The highest BCUT2D eigenvalue weighted by Crippen LogP contribution is 2.14. The summed E-state index contributed by atoms with van der Waals surface area (Å²) in [5.41, 5.74) is 5.71. The Hall–Kier alpha value is -0.610. The van der Waals surface area contributed by atoms with Crippen LogP contribution in [0.5, 0.6) is 0 Å². The molecule has 1 amide bonds. The van der Waals surface area contributed by atoms with Crippen LogP contribution in [0.25, 0.3) is 0 Å². The third-order valence-corrected chi connectivity index (χ3v) is 2.98. The number of nitrogens with two attached hydrogens (primary N) is 1. The SMILES string of the molecule is CCCC(COC)NC(=O)CC(CN)CC(C)C. The van der Waals surface area contributed by atoms with Gasteiger partial charge in [-0.3, -0.25) is 4.79 Å². The largest absolute Gasteiger partial charge is 0.383 e. The number of hydrogen-bond donors (Lipinski definition) is 2. The quantitative estimate of drug-likeness (QED) is 0.629. The topological polar surface area (TPSA) is 64.3 Å². The molecule has 0 aliphatic carbocycles. The van der Waals surface area contributed by atoms with Gasteiger partial charge in [0, 0.05) is 13.5 Å². The van der Waals surface area contributed by atoms with Gasteiger partial charge < -0.3 is 15.8 Å². The first-order valence-corrected chi connectivity index (χ1v) is 7.01. The first-order chi connectivity index (χ1) is 8.53. The van der Waals surface area contributed by atoms with E-state index in [1.165, 1.54) is 0 Å². The Morgan fingerprint density at radius 2 is 2.06 bits per heavy atom. The molecule has 0 radical (unpaired) electrons. The minimum atomic E-state index is 0.0987. The molecule has 0 heterocycles. The van der Waals surface area contributed by atoms with Crippen LogP contribution in [0.15, 0.2) is 0 Å². The molecule has 0 aliphatic rings. The normalized spacial score (nSPS) is 14.6. The molecule has 0 spiro atoms. The van der Waals surface area contributed by atoms with Crippen molar-refractivity contribution >= 4 is 5.91 Å². The molecule has 0 aromatic carbocycles. The van der Waals surface area contributed by atoms with Crippen molar-refractivity contribution in [2.45, 2.75) is 52.5 Å². The maximum atomic E-state index is 11.9. The van der Waals surface area contributed by atoms with E-state index in [2.05, 4.69) is 26.1 Å². The van der Waals surface area contributed by atoms with Crippen LogP contribution in [0, 0.1) is 11.8 Å². The average Bonchev–Trinajstić information content (AvgIpc) is 2.28. The number of ether oxygens (including phenoxy) is 1. The molecule has 0 saturated heterocycles. The second-order valence-electron chi connectivity index (χ2n) is 5.44. The van der Waals surface area contributed by atoms with E-state index in [1.807, 2.05) is 0 Å². The predicted molar refractivity (Wildman–Crippen MR) is 75.3 cm³/mol. The number of carbonyl (C=O) groups is 1. The lowest BCUT2D eigenvalue weighted by atomic mass is 9.94. The number of nitrogens with one attached hydrogen (secondary N) is 1. The Balaban J connectivity index is 4.11. The lowest BCUT2D eigenvalue weighted by Crippen LogP contribution is -2.39. The van der Waals surface area contributed by atoms with Crippen molar-refractivity contribution in [1.82, 2.24) is 5.32 Å². The number of hydrogen-bond acceptors (Lipinski definition) is 3. The average molecular weight is 258 g/mol. The summed E-state index contributed by atoms with van der Waals surface area (Å²) in [7, 11) is 1.66. The van der Waals surface area contributed by atoms with Crippen LogP contribution in [0.2, 0.25) is 0 Å². The third-order valence-electron chi connectivity index (χ3n) is 2.98. The van der Waals surface area contributed by atoms with E-state index in [4.69, 9.17) is 10.5 Å². The summed E-state index contributed by atoms with van der Waals surface area (Å²) in [5, 5.41) is 3.04. The number of carbonyl (C=O) groups excluding carboxylic acids is 1. The highest BCUT2D eigenvalue weighted by molar-refractivity contribution is 5.76. The fraction of sp³-hybridized carbons (Fsp3) is 0.929. The Morgan fingerprint density at radius 3 is 2.50 bits per heavy atom. The van der Waals surface area contributed by atoms with Crippen molar-refractivity contribution in [2.24, 2.45) is 17.6 Å². The molecule has 2 atom stereocenters. The summed E-state index contributed by atoms with van der Waals surface area (Å²) in [5.74, 6) is 0.966. The first-order valence-electron chi connectivity index (χ1n) is 7.01. The molecule has 0 bridgehead atoms. The molecule has 0 aliphatic heterocycles. The smallest absolute Gasteiger partial charge is 0.220 e. The fourth-order valence-corrected chi connectivity index (χ4v) is 2.23. The minimum absolute atomic E-state index is 0.0987. The monoisotopic (exact) mass is 258 g/mol. The molecule has 18 heavy (non-hydrogen) atoms. The zero-order chi connectivity index (χ0) is 14.0. The van der Waals surface area contributed by atoms with Gasteiger partial charge >= 0.3 is 0 Å². The molecule has 0 aromatic heterocycles. The van der Waals surface area contributed by atoms with E-state index in [9.17, 15) is 4.79 Å². The zero-order valence-corrected chi connectivity index (χ0v) is 12.4. The summed E-state index contributed by atoms with van der Waals surface area (Å²) in [6.07, 6.45) is 3.53. The van der Waals surface area contributed by atoms with Crippen LogP contribution in [0.3, 0.4) is 0 Å². The van der Waals surface area contributed by atoms with Gasteiger partial charge in [-0.15, -0.1) is 0 Å². The molecule has 0 saturated carbocycles. The first kappa shape index (κ1) is 17.4. The summed E-state index contributed by atoms with van der Waals surface area (Å²) in [6.45, 7) is 7.58. The van der Waals surface area contributed by atoms with Gasteiger partial charge in [0.2, 0.25) is 5.91 Å². The van der Waals surface area contributed by atoms with E-state index >= 15 is 0 Å². The molecule has 0 fully saturated rings. The third kappa shape index (κ3) is 8.48. The molecular formula is C14H30N2O2. The van der Waals surface area contributed by atoms with Crippen LogP contribution in [-0.4, -0.2) is 32.2 Å². The summed E-state index contributed by atoms with van der Waals surface area (Å²) < 4.78 is 5.11. The van der Waals surface area contributed by atoms with Crippen LogP contribution in [0.4, 0.5) is 0 Å². The molecule has 0 aromatic rings. The second-order valence-corrected chi connectivity index (χ2v) is 5.44. The fourth-order valence-electron chi connectivity index (χ4n) is 2.23. The molecule has 0 rings (SSSR count). The Labute approximate surface area is 112 Å². The lowest BCUT2D eigenvalue weighted by molar-refractivity contribution is -0.123. The molecule has 4 nitrogen and oxygen atoms in total. The zero-order valence-electron chi connectivity index (χ0n) is 12.4. The van der Waals surface area contributed by atoms with Crippen LogP contribution in [-0.2, 0) is 9.53 Å². The van der Waals surface area contributed by atoms with Gasteiger partial charge in [0.1, 0.15) is 0 Å². The number of methoxy groups -OCH3 is 1. The van der Waals surface area contributed by atoms with Crippen LogP contribution < -0.4 is 11.1 Å². The van der Waals surface area contributed by atoms with E-state index in [0.29, 0.717) is 25.5 Å². The van der Waals surface area contributed by atoms with E-state index in [0.717, 1.165) is 19.3 Å². The highest BCUT2D eigenvalue weighted by atomic mass is 16.5. The molecule has 3 N–H and O–H groups in total. The lowest BCUT2D eigenvalue weighted by Gasteiger charge is -2.20. The predicted octanol–water partition coefficient (Wildman–Crippen LogP) is 1.93. The van der Waals surface area contributed by atoms with Gasteiger partial charge in [0.05, 0.1) is 12.6 Å². The van der Waals surface area contributed by atoms with Gasteiger partial charge in [-0.1, -0.05) is 27.2 Å². The molecule has 108 valence electrons. The van der Waals surface area contributed by atoms with Gasteiger partial charge in [0.15, 0.2) is 0 Å². The van der Waals surface area contributed by atoms with Crippen molar-refractivity contribution in [3.8, 4) is 0 Å². The number of amides is 1. The van der Waals surface area contributed by atoms with Crippen molar-refractivity contribution in [2.75, 3.05) is 20.3 Å². The van der Waals surface area contributed by atoms with Crippen molar-refractivity contribution in [3.05, 3.63) is 0 Å². The summed E-state index contributed by atoms with van der Waals surface area (Å²) in [6, 6.07) is 0.130. The molecule has 2 unspecified atom stereocenters. The minimum Gasteiger partial charge on any atom is -0.383 e. The molecule has 4 heteroatoms. The van der Waals surface area contributed by atoms with Crippen molar-refractivity contribution < 1.29 is 9.53 Å². The maximum Gasteiger partial charge on any atom is 0.220 e. The maximum absolute atomic E-state index is 11.9. The van der Waals surface area contributed by atoms with Crippen LogP contribution >= 0.6 is 0 Å². The highest BCUT2D eigenvalue weighted by Gasteiger charge is 2.16. The molecular weight excluding hydrogens is 228 g/mol.